The average molecular weight is 470 g/mol. The van der Waals surface area contributed by atoms with Gasteiger partial charge in [0, 0.05) is 5.92 Å². The summed E-state index contributed by atoms with van der Waals surface area (Å²) in [5, 5.41) is -4.69. The van der Waals surface area contributed by atoms with Crippen LogP contribution in [0.2, 0.25) is 0 Å². The van der Waals surface area contributed by atoms with Crippen molar-refractivity contribution < 1.29 is 50.3 Å². The third kappa shape index (κ3) is 3.77. The minimum Gasteiger partial charge on any atom is -0.462 e. The van der Waals surface area contributed by atoms with Crippen molar-refractivity contribution in [2.75, 3.05) is 6.61 Å². The van der Waals surface area contributed by atoms with Gasteiger partial charge in [-0.1, -0.05) is 12.4 Å². The van der Waals surface area contributed by atoms with E-state index in [0.29, 0.717) is 18.4 Å². The molecule has 1 heterocycles. The van der Waals surface area contributed by atoms with E-state index in [-0.39, 0.29) is 35.6 Å². The molecule has 2 bridgehead atoms. The van der Waals surface area contributed by atoms with Crippen molar-refractivity contribution in [1.82, 2.24) is 0 Å². The molecular formula is C19H17BF2O9S. The molecule has 1 aliphatic heterocycles. The highest BCUT2D eigenvalue weighted by molar-refractivity contribution is 7.86. The van der Waals surface area contributed by atoms with Gasteiger partial charge >= 0.3 is 33.3 Å². The fourth-order valence-electron chi connectivity index (χ4n) is 4.75. The van der Waals surface area contributed by atoms with Gasteiger partial charge in [0.1, 0.15) is 11.9 Å². The predicted octanol–water partition coefficient (Wildman–Crippen LogP) is 1.10. The van der Waals surface area contributed by atoms with Gasteiger partial charge in [-0.05, 0) is 36.5 Å². The van der Waals surface area contributed by atoms with Crippen LogP contribution in [0.25, 0.3) is 0 Å². The Kier molecular flexibility index (Phi) is 5.52. The Morgan fingerprint density at radius 1 is 1.28 bits per heavy atom. The van der Waals surface area contributed by atoms with Gasteiger partial charge in [-0.3, -0.25) is 14.1 Å². The predicted molar refractivity (Wildman–Crippen MR) is 101 cm³/mol. The molecule has 3 fully saturated rings. The lowest BCUT2D eigenvalue weighted by molar-refractivity contribution is -0.149. The first kappa shape index (κ1) is 22.7. The van der Waals surface area contributed by atoms with E-state index in [1.165, 1.54) is 12.1 Å². The van der Waals surface area contributed by atoms with E-state index >= 15 is 0 Å². The summed E-state index contributed by atoms with van der Waals surface area (Å²) in [6, 6.07) is 3.54. The Bertz CT molecular complexity index is 1090. The number of fused-ring (bicyclic) bond motifs is 1. The molecule has 1 aromatic carbocycles. The fraction of sp³-hybridized carbons (Fsp3) is 0.526. The first-order valence-electron chi connectivity index (χ1n) is 9.70. The number of alkyl halides is 2. The number of benzene rings is 1. The average Bonchev–Trinajstić information content (AvgIpc) is 3.33. The quantitative estimate of drug-likeness (QED) is 0.269. The van der Waals surface area contributed by atoms with E-state index in [9.17, 15) is 31.6 Å². The molecular weight excluding hydrogens is 453 g/mol. The SMILES string of the molecule is [B]Cc1ccc(C(=O)OCC(F)(F)S(=O)(=O)O)cc1OC(=O)C1C2CC3OC(=O)C1C3C2. The van der Waals surface area contributed by atoms with Crippen molar-refractivity contribution in [3.8, 4) is 5.75 Å². The Morgan fingerprint density at radius 3 is 2.66 bits per heavy atom. The van der Waals surface area contributed by atoms with Gasteiger partial charge in [0.25, 0.3) is 0 Å². The first-order chi connectivity index (χ1) is 14.9. The Hall–Kier alpha value is -2.54. The summed E-state index contributed by atoms with van der Waals surface area (Å²) in [4.78, 5) is 37.1. The summed E-state index contributed by atoms with van der Waals surface area (Å²) in [5.41, 5.74) is 0.0117. The van der Waals surface area contributed by atoms with Crippen LogP contribution in [0.15, 0.2) is 18.2 Å². The molecule has 32 heavy (non-hydrogen) atoms. The molecule has 0 spiro atoms. The highest BCUT2D eigenvalue weighted by Gasteiger charge is 2.64. The Morgan fingerprint density at radius 2 is 2.00 bits per heavy atom. The number of carbonyl (C=O) groups is 3. The lowest BCUT2D eigenvalue weighted by Gasteiger charge is -2.23. The molecule has 2 saturated carbocycles. The van der Waals surface area contributed by atoms with Crippen LogP contribution in [0.1, 0.15) is 28.8 Å². The van der Waals surface area contributed by atoms with Gasteiger partial charge in [-0.2, -0.15) is 17.2 Å². The largest absolute Gasteiger partial charge is 0.462 e. The Labute approximate surface area is 182 Å². The molecule has 1 aromatic rings. The van der Waals surface area contributed by atoms with Crippen LogP contribution in [-0.2, 0) is 35.5 Å². The maximum Gasteiger partial charge on any atom is 0.402 e. The molecule has 170 valence electrons. The minimum absolute atomic E-state index is 0.0233. The van der Waals surface area contributed by atoms with Crippen molar-refractivity contribution in [3.63, 3.8) is 0 Å². The molecule has 9 nitrogen and oxygen atoms in total. The molecule has 2 radical (unpaired) electrons. The summed E-state index contributed by atoms with van der Waals surface area (Å²) in [6.07, 6.45) is 1.01. The van der Waals surface area contributed by atoms with Crippen LogP contribution >= 0.6 is 0 Å². The second kappa shape index (κ2) is 7.80. The summed E-state index contributed by atoms with van der Waals surface area (Å²) < 4.78 is 71.3. The maximum absolute atomic E-state index is 13.3. The van der Waals surface area contributed by atoms with E-state index in [0.717, 1.165) is 6.07 Å². The number of halogens is 2. The number of rotatable bonds is 7. The highest BCUT2D eigenvalue weighted by atomic mass is 32.2. The zero-order valence-electron chi connectivity index (χ0n) is 16.4. The van der Waals surface area contributed by atoms with Crippen molar-refractivity contribution in [2.45, 2.75) is 30.5 Å². The second-order valence-electron chi connectivity index (χ2n) is 8.06. The maximum atomic E-state index is 13.3. The molecule has 1 saturated heterocycles. The summed E-state index contributed by atoms with van der Waals surface area (Å²) in [7, 11) is -0.135. The highest BCUT2D eigenvalue weighted by Crippen LogP contribution is 2.58. The zero-order chi connectivity index (χ0) is 23.4. The smallest absolute Gasteiger partial charge is 0.402 e. The van der Waals surface area contributed by atoms with Crippen LogP contribution in [0, 0.1) is 23.7 Å². The lowest BCUT2D eigenvalue weighted by atomic mass is 9.80. The van der Waals surface area contributed by atoms with Gasteiger partial charge in [-0.15, -0.1) is 0 Å². The summed E-state index contributed by atoms with van der Waals surface area (Å²) in [6.45, 7) is -1.91. The molecule has 1 N–H and O–H groups in total. The molecule has 5 unspecified atom stereocenters. The zero-order valence-corrected chi connectivity index (χ0v) is 17.2. The molecule has 2 aliphatic carbocycles. The summed E-state index contributed by atoms with van der Waals surface area (Å²) in [5.74, 6) is -3.92. The van der Waals surface area contributed by atoms with Gasteiger partial charge in [0.15, 0.2) is 6.61 Å². The normalized spacial score (nSPS) is 28.5. The lowest BCUT2D eigenvalue weighted by Crippen LogP contribution is -2.35. The molecule has 5 atom stereocenters. The number of esters is 3. The number of hydrogen-bond acceptors (Lipinski definition) is 8. The minimum atomic E-state index is -5.77. The van der Waals surface area contributed by atoms with Gasteiger partial charge in [0.2, 0.25) is 0 Å². The molecule has 13 heteroatoms. The van der Waals surface area contributed by atoms with Crippen molar-refractivity contribution in [3.05, 3.63) is 29.3 Å². The van der Waals surface area contributed by atoms with Crippen molar-refractivity contribution in [1.29, 1.82) is 0 Å². The number of ether oxygens (including phenoxy) is 3. The van der Waals surface area contributed by atoms with E-state index < -0.39 is 51.7 Å². The topological polar surface area (TPSA) is 133 Å². The molecule has 0 amide bonds. The van der Waals surface area contributed by atoms with Gasteiger partial charge in [-0.25, -0.2) is 4.79 Å². The van der Waals surface area contributed by atoms with E-state index in [1.807, 2.05) is 0 Å². The molecule has 4 rings (SSSR count). The van der Waals surface area contributed by atoms with Crippen LogP contribution in [0.3, 0.4) is 0 Å². The third-order valence-corrected chi connectivity index (χ3v) is 7.11. The Balaban J connectivity index is 1.50. The monoisotopic (exact) mass is 470 g/mol. The van der Waals surface area contributed by atoms with E-state index in [2.05, 4.69) is 4.74 Å². The molecule has 3 aliphatic rings. The van der Waals surface area contributed by atoms with E-state index in [1.54, 1.807) is 0 Å². The van der Waals surface area contributed by atoms with Crippen molar-refractivity contribution >= 4 is 35.9 Å². The first-order valence-corrected chi connectivity index (χ1v) is 11.1. The fourth-order valence-corrected chi connectivity index (χ4v) is 4.96. The van der Waals surface area contributed by atoms with Gasteiger partial charge < -0.3 is 14.2 Å². The standard InChI is InChI=1S/C19H17BF2O9S/c20-6-9-2-1-8(16(23)29-7-19(21,22)32(26,27)28)4-12(9)30-17(24)14-10-3-11-13(5-10)31-18(25)15(11)14/h1-2,4,10-11,13-15H,3,5-7H2,(H,26,27,28). The van der Waals surface area contributed by atoms with Crippen LogP contribution in [0.5, 0.6) is 5.75 Å². The van der Waals surface area contributed by atoms with Crippen LogP contribution < -0.4 is 4.74 Å². The van der Waals surface area contributed by atoms with Crippen LogP contribution in [0.4, 0.5) is 8.78 Å². The van der Waals surface area contributed by atoms with Crippen LogP contribution in [-0.4, -0.2) is 56.7 Å². The number of carbonyl (C=O) groups excluding carboxylic acids is 3. The summed E-state index contributed by atoms with van der Waals surface area (Å²) >= 11 is 0. The molecule has 0 aromatic heterocycles. The third-order valence-electron chi connectivity index (χ3n) is 6.24. The van der Waals surface area contributed by atoms with E-state index in [4.69, 9.17) is 21.9 Å². The van der Waals surface area contributed by atoms with Crippen molar-refractivity contribution in [2.24, 2.45) is 23.7 Å². The van der Waals surface area contributed by atoms with Gasteiger partial charge in [0.05, 0.1) is 25.2 Å². The number of hydrogen-bond donors (Lipinski definition) is 1. The second-order valence-corrected chi connectivity index (χ2v) is 9.61.